The molecule has 3 aliphatic heterocycles. The fourth-order valence-electron chi connectivity index (χ4n) is 7.60. The summed E-state index contributed by atoms with van der Waals surface area (Å²) < 4.78 is 46.6. The van der Waals surface area contributed by atoms with E-state index in [4.69, 9.17) is 4.74 Å². The first-order chi connectivity index (χ1) is 19.2. The summed E-state index contributed by atoms with van der Waals surface area (Å²) in [5, 5.41) is 0. The lowest BCUT2D eigenvalue weighted by Crippen LogP contribution is -2.56. The van der Waals surface area contributed by atoms with Crippen molar-refractivity contribution < 1.29 is 27.5 Å². The van der Waals surface area contributed by atoms with Gasteiger partial charge in [0.2, 0.25) is 0 Å². The zero-order chi connectivity index (χ0) is 28.3. The molecule has 0 aromatic heterocycles. The number of carbonyl (C=O) groups is 2. The van der Waals surface area contributed by atoms with Crippen LogP contribution in [0.4, 0.5) is 18.0 Å². The summed E-state index contributed by atoms with van der Waals surface area (Å²) in [5.74, 6) is 0.0373. The van der Waals surface area contributed by atoms with Gasteiger partial charge >= 0.3 is 12.3 Å². The molecule has 1 aliphatic carbocycles. The van der Waals surface area contributed by atoms with Crippen molar-refractivity contribution in [2.75, 3.05) is 32.7 Å². The molecule has 1 aromatic rings. The topological polar surface area (TPSA) is 53.1 Å². The van der Waals surface area contributed by atoms with Crippen LogP contribution in [0.25, 0.3) is 0 Å². The Morgan fingerprint density at radius 2 is 1.68 bits per heavy atom. The second-order valence-electron chi connectivity index (χ2n) is 12.3. The van der Waals surface area contributed by atoms with Gasteiger partial charge in [-0.3, -0.25) is 9.69 Å². The monoisotopic (exact) mass is 563 g/mol. The number of nitrogens with zero attached hydrogens (tertiary/aromatic N) is 3. The first-order valence-electron chi connectivity index (χ1n) is 15.4. The van der Waals surface area contributed by atoms with Gasteiger partial charge < -0.3 is 14.5 Å². The summed E-state index contributed by atoms with van der Waals surface area (Å²) >= 11 is 0. The zero-order valence-corrected chi connectivity index (χ0v) is 23.8. The van der Waals surface area contributed by atoms with E-state index in [0.29, 0.717) is 19.0 Å². The number of rotatable bonds is 7. The average Bonchev–Trinajstić information content (AvgIpc) is 3.21. The molecule has 222 valence electrons. The minimum atomic E-state index is -4.56. The Kier molecular flexibility index (Phi) is 8.98. The van der Waals surface area contributed by atoms with Gasteiger partial charge in [-0.15, -0.1) is 0 Å². The lowest BCUT2D eigenvalue weighted by molar-refractivity contribution is -0.138. The summed E-state index contributed by atoms with van der Waals surface area (Å²) in [6.07, 6.45) is 7.78. The number of carbonyl (C=O) groups excluding carboxylic acids is 2. The second kappa shape index (κ2) is 12.3. The number of unbranched alkanes of at least 4 members (excludes halogenated alkanes) is 1. The highest BCUT2D eigenvalue weighted by Crippen LogP contribution is 2.43. The van der Waals surface area contributed by atoms with Crippen molar-refractivity contribution in [3.05, 3.63) is 35.4 Å². The quantitative estimate of drug-likeness (QED) is 0.369. The highest BCUT2D eigenvalue weighted by Gasteiger charge is 2.55. The van der Waals surface area contributed by atoms with Crippen molar-refractivity contribution in [2.24, 2.45) is 5.92 Å². The number of amides is 2. The van der Waals surface area contributed by atoms with Gasteiger partial charge in [0.1, 0.15) is 5.60 Å². The van der Waals surface area contributed by atoms with E-state index in [1.165, 1.54) is 50.3 Å². The van der Waals surface area contributed by atoms with E-state index in [1.807, 2.05) is 0 Å². The molecule has 40 heavy (non-hydrogen) atoms. The van der Waals surface area contributed by atoms with Gasteiger partial charge in [0.25, 0.3) is 5.91 Å². The molecule has 4 fully saturated rings. The molecular formula is C31H44F3N3O3. The molecule has 3 heterocycles. The third kappa shape index (κ3) is 6.14. The van der Waals surface area contributed by atoms with E-state index < -0.39 is 23.2 Å². The van der Waals surface area contributed by atoms with Crippen LogP contribution in [0.15, 0.2) is 24.3 Å². The van der Waals surface area contributed by atoms with Crippen LogP contribution in [0.3, 0.4) is 0 Å². The van der Waals surface area contributed by atoms with Gasteiger partial charge in [0, 0.05) is 51.6 Å². The Balaban J connectivity index is 1.18. The Morgan fingerprint density at radius 3 is 2.33 bits per heavy atom. The smallest absolute Gasteiger partial charge is 0.417 e. The Bertz CT molecular complexity index is 1030. The predicted octanol–water partition coefficient (Wildman–Crippen LogP) is 6.74. The number of alkyl halides is 3. The number of ether oxygens (including phenoxy) is 1. The Labute approximate surface area is 236 Å². The number of halogens is 3. The van der Waals surface area contributed by atoms with E-state index in [9.17, 15) is 22.8 Å². The molecule has 1 aromatic carbocycles. The molecule has 2 amide bonds. The molecule has 1 saturated carbocycles. The van der Waals surface area contributed by atoms with Crippen molar-refractivity contribution in [3.8, 4) is 0 Å². The third-order valence-corrected chi connectivity index (χ3v) is 9.89. The van der Waals surface area contributed by atoms with Gasteiger partial charge in [-0.1, -0.05) is 51.2 Å². The fraction of sp³-hybridized carbons (Fsp3) is 0.742. The van der Waals surface area contributed by atoms with Gasteiger partial charge in [0.15, 0.2) is 0 Å². The molecule has 9 heteroatoms. The van der Waals surface area contributed by atoms with Crippen molar-refractivity contribution in [1.82, 2.24) is 14.7 Å². The molecule has 4 aliphatic rings. The summed E-state index contributed by atoms with van der Waals surface area (Å²) in [7, 11) is 0. The highest BCUT2D eigenvalue weighted by atomic mass is 19.4. The van der Waals surface area contributed by atoms with Gasteiger partial charge in [-0.2, -0.15) is 13.2 Å². The number of hydrogen-bond acceptors (Lipinski definition) is 4. The van der Waals surface area contributed by atoms with Crippen LogP contribution in [0.2, 0.25) is 0 Å². The van der Waals surface area contributed by atoms with Crippen molar-refractivity contribution in [2.45, 2.75) is 108 Å². The largest absolute Gasteiger partial charge is 0.440 e. The van der Waals surface area contributed by atoms with E-state index >= 15 is 0 Å². The molecule has 1 unspecified atom stereocenters. The maximum Gasteiger partial charge on any atom is 0.417 e. The molecule has 0 radical (unpaired) electrons. The van der Waals surface area contributed by atoms with Gasteiger partial charge in [-0.05, 0) is 50.2 Å². The molecule has 6 nitrogen and oxygen atoms in total. The van der Waals surface area contributed by atoms with Gasteiger partial charge in [0.05, 0.1) is 17.2 Å². The fourth-order valence-corrected chi connectivity index (χ4v) is 7.60. The zero-order valence-electron chi connectivity index (χ0n) is 23.8. The Morgan fingerprint density at radius 1 is 1.00 bits per heavy atom. The van der Waals surface area contributed by atoms with Crippen molar-refractivity contribution in [3.63, 3.8) is 0 Å². The van der Waals surface area contributed by atoms with Crippen LogP contribution in [-0.4, -0.2) is 77.1 Å². The van der Waals surface area contributed by atoms with Crippen molar-refractivity contribution in [1.29, 1.82) is 0 Å². The van der Waals surface area contributed by atoms with E-state index in [1.54, 1.807) is 4.90 Å². The maximum atomic E-state index is 13.5. The summed E-state index contributed by atoms with van der Waals surface area (Å²) in [5.41, 5.74) is -1.56. The molecule has 1 atom stereocenters. The van der Waals surface area contributed by atoms with E-state index in [2.05, 4.69) is 16.7 Å². The molecule has 0 N–H and O–H groups in total. The highest BCUT2D eigenvalue weighted by molar-refractivity contribution is 5.96. The standard InChI is InChI=1S/C31H44F3N3O3/c1-2-3-13-27-30(40-29(39)37(27)22-23-9-5-4-6-10-23)16-20-35(21-17-30)24-14-18-36(19-15-24)28(38)25-11-7-8-12-26(25)31(32,33)34/h7-8,11-12,23-24,27H,2-6,9-10,13-22H2,1H3. The average molecular weight is 564 g/mol. The first-order valence-corrected chi connectivity index (χ1v) is 15.4. The molecule has 0 bridgehead atoms. The lowest BCUT2D eigenvalue weighted by atomic mass is 9.80. The van der Waals surface area contributed by atoms with Crippen molar-refractivity contribution >= 4 is 12.0 Å². The molecule has 5 rings (SSSR count). The maximum absolute atomic E-state index is 13.5. The lowest BCUT2D eigenvalue weighted by Gasteiger charge is -2.46. The molecule has 3 saturated heterocycles. The number of piperidine rings is 2. The molecular weight excluding hydrogens is 519 g/mol. The number of hydrogen-bond donors (Lipinski definition) is 0. The molecule has 1 spiro atoms. The van der Waals surface area contributed by atoms with Crippen LogP contribution >= 0.6 is 0 Å². The summed E-state index contributed by atoms with van der Waals surface area (Å²) in [4.78, 5) is 32.3. The van der Waals surface area contributed by atoms with E-state index in [-0.39, 0.29) is 23.7 Å². The van der Waals surface area contributed by atoms with Crippen LogP contribution in [-0.2, 0) is 10.9 Å². The summed E-state index contributed by atoms with van der Waals surface area (Å²) in [6, 6.07) is 5.47. The second-order valence-corrected chi connectivity index (χ2v) is 12.3. The van der Waals surface area contributed by atoms with Crippen LogP contribution in [0.5, 0.6) is 0 Å². The van der Waals surface area contributed by atoms with Gasteiger partial charge in [-0.25, -0.2) is 4.79 Å². The third-order valence-electron chi connectivity index (χ3n) is 9.89. The number of benzene rings is 1. The summed E-state index contributed by atoms with van der Waals surface area (Å²) in [6.45, 7) is 5.58. The Hall–Kier alpha value is -2.29. The van der Waals surface area contributed by atoms with Crippen LogP contribution < -0.4 is 0 Å². The SMILES string of the molecule is CCCCC1N(CC2CCCCC2)C(=O)OC12CCN(C1CCN(C(=O)c3ccccc3C(F)(F)F)CC1)CC2. The van der Waals surface area contributed by atoms with Crippen LogP contribution in [0.1, 0.15) is 99.9 Å². The predicted molar refractivity (Wildman–Crippen MR) is 147 cm³/mol. The first kappa shape index (κ1) is 29.2. The minimum Gasteiger partial charge on any atom is -0.440 e. The minimum absolute atomic E-state index is 0.133. The number of likely N-dealkylation sites (tertiary alicyclic amines) is 2. The van der Waals surface area contributed by atoms with E-state index in [0.717, 1.165) is 70.6 Å². The normalized spacial score (nSPS) is 25.0. The van der Waals surface area contributed by atoms with Crippen LogP contribution in [0, 0.1) is 5.92 Å².